The van der Waals surface area contributed by atoms with Gasteiger partial charge in [-0.3, -0.25) is 0 Å². The fraction of sp³-hybridized carbons (Fsp3) is 0.625. The molecule has 13 heavy (non-hydrogen) atoms. The molecule has 0 saturated heterocycles. The summed E-state index contributed by atoms with van der Waals surface area (Å²) in [7, 11) is 1.91. The molecule has 0 radical (unpaired) electrons. The van der Waals surface area contributed by atoms with Gasteiger partial charge in [-0.1, -0.05) is 13.5 Å². The average molecular weight is 204 g/mol. The van der Waals surface area contributed by atoms with E-state index >= 15 is 0 Å². The zero-order chi connectivity index (χ0) is 10.3. The van der Waals surface area contributed by atoms with Gasteiger partial charge in [0.05, 0.1) is 0 Å². The van der Waals surface area contributed by atoms with E-state index in [2.05, 4.69) is 6.58 Å². The third kappa shape index (κ3) is 4.82. The van der Waals surface area contributed by atoms with Gasteiger partial charge >= 0.3 is 5.97 Å². The van der Waals surface area contributed by atoms with Crippen LogP contribution in [0, 0.1) is 0 Å². The van der Waals surface area contributed by atoms with Crippen LogP contribution in [-0.2, 0) is 18.7 Å². The number of hydrogen-bond donors (Lipinski definition) is 0. The highest BCUT2D eigenvalue weighted by Gasteiger charge is 2.12. The first-order chi connectivity index (χ1) is 6.15. The Kier molecular flexibility index (Phi) is 6.48. The molecule has 0 aliphatic heterocycles. The quantitative estimate of drug-likeness (QED) is 0.351. The maximum atomic E-state index is 11.1. The molecule has 0 unspecified atom stereocenters. The molecule has 0 atom stereocenters. The summed E-state index contributed by atoms with van der Waals surface area (Å²) in [6.07, 6.45) is 0.609. The zero-order valence-electron chi connectivity index (χ0n) is 8.33. The van der Waals surface area contributed by atoms with Gasteiger partial charge in [0.15, 0.2) is 5.91 Å². The Balaban J connectivity index is 3.74. The van der Waals surface area contributed by atoms with Crippen LogP contribution < -0.4 is 0 Å². The van der Waals surface area contributed by atoms with Crippen LogP contribution in [-0.4, -0.2) is 35.9 Å². The fourth-order valence-corrected chi connectivity index (χ4v) is 1.39. The molecular formula is C8H16O4Si. The van der Waals surface area contributed by atoms with Crippen molar-refractivity contribution in [2.24, 2.45) is 0 Å². The lowest BCUT2D eigenvalue weighted by molar-refractivity contribution is -0.132. The van der Waals surface area contributed by atoms with Gasteiger partial charge in [-0.2, -0.15) is 0 Å². The summed E-state index contributed by atoms with van der Waals surface area (Å²) in [4.78, 5) is 11.1. The van der Waals surface area contributed by atoms with Gasteiger partial charge in [-0.15, -0.1) is 0 Å². The SMILES string of the molecule is C=C(CC)C(=O)O[SiH2]C(OC)OC. The highest BCUT2D eigenvalue weighted by molar-refractivity contribution is 6.32. The summed E-state index contributed by atoms with van der Waals surface area (Å²) < 4.78 is 14.8. The van der Waals surface area contributed by atoms with E-state index in [0.29, 0.717) is 12.0 Å². The van der Waals surface area contributed by atoms with Gasteiger partial charge in [0, 0.05) is 19.8 Å². The number of carbonyl (C=O) groups is 1. The molecular weight excluding hydrogens is 188 g/mol. The Bertz CT molecular complexity index is 177. The second kappa shape index (κ2) is 6.82. The van der Waals surface area contributed by atoms with Crippen LogP contribution in [0.2, 0.25) is 0 Å². The molecule has 0 spiro atoms. The zero-order valence-corrected chi connectivity index (χ0v) is 9.75. The number of ether oxygens (including phenoxy) is 2. The molecule has 0 bridgehead atoms. The van der Waals surface area contributed by atoms with Crippen molar-refractivity contribution in [3.8, 4) is 0 Å². The van der Waals surface area contributed by atoms with E-state index in [1.807, 2.05) is 6.92 Å². The van der Waals surface area contributed by atoms with Gasteiger partial charge < -0.3 is 13.9 Å². The van der Waals surface area contributed by atoms with Crippen LogP contribution in [0.15, 0.2) is 12.2 Å². The molecule has 0 amide bonds. The first-order valence-corrected chi connectivity index (χ1v) is 5.45. The molecule has 0 saturated carbocycles. The minimum atomic E-state index is -1.13. The smallest absolute Gasteiger partial charge is 0.319 e. The predicted octanol–water partition coefficient (Wildman–Crippen LogP) is 0.156. The Hall–Kier alpha value is -0.653. The minimum Gasteiger partial charge on any atom is -0.516 e. The van der Waals surface area contributed by atoms with Gasteiger partial charge in [0.2, 0.25) is 0 Å². The number of hydrogen-bond acceptors (Lipinski definition) is 4. The van der Waals surface area contributed by atoms with Crippen molar-refractivity contribution in [1.82, 2.24) is 0 Å². The van der Waals surface area contributed by atoms with Crippen molar-refractivity contribution in [2.75, 3.05) is 14.2 Å². The van der Waals surface area contributed by atoms with Crippen LogP contribution in [0.25, 0.3) is 0 Å². The first-order valence-electron chi connectivity index (χ1n) is 4.06. The number of methoxy groups -OCH3 is 2. The monoisotopic (exact) mass is 204 g/mol. The molecule has 0 N–H and O–H groups in total. The topological polar surface area (TPSA) is 44.8 Å². The molecule has 0 aliphatic rings. The normalized spacial score (nSPS) is 11.1. The summed E-state index contributed by atoms with van der Waals surface area (Å²) >= 11 is 0. The maximum Gasteiger partial charge on any atom is 0.319 e. The second-order valence-corrected chi connectivity index (χ2v) is 3.75. The van der Waals surface area contributed by atoms with Crippen LogP contribution >= 0.6 is 0 Å². The molecule has 0 fully saturated rings. The van der Waals surface area contributed by atoms with E-state index in [1.165, 1.54) is 14.2 Å². The molecule has 5 heteroatoms. The van der Waals surface area contributed by atoms with Gasteiger partial charge in [-0.05, 0) is 6.42 Å². The number of rotatable bonds is 6. The average Bonchev–Trinajstić information content (AvgIpc) is 2.17. The van der Waals surface area contributed by atoms with Crippen LogP contribution in [0.5, 0.6) is 0 Å². The lowest BCUT2D eigenvalue weighted by Gasteiger charge is -2.13. The van der Waals surface area contributed by atoms with Crippen molar-refractivity contribution in [3.63, 3.8) is 0 Å². The second-order valence-electron chi connectivity index (χ2n) is 2.46. The maximum absolute atomic E-state index is 11.1. The van der Waals surface area contributed by atoms with E-state index in [1.54, 1.807) is 0 Å². The molecule has 76 valence electrons. The van der Waals surface area contributed by atoms with E-state index in [-0.39, 0.29) is 11.9 Å². The summed E-state index contributed by atoms with van der Waals surface area (Å²) in [6.45, 7) is 5.43. The summed E-state index contributed by atoms with van der Waals surface area (Å²) in [5, 5.41) is 0. The molecule has 0 aliphatic carbocycles. The molecule has 0 aromatic heterocycles. The van der Waals surface area contributed by atoms with E-state index in [9.17, 15) is 4.79 Å². The molecule has 0 heterocycles. The third-order valence-corrected chi connectivity index (χ3v) is 2.96. The summed E-state index contributed by atoms with van der Waals surface area (Å²) in [5.41, 5.74) is 0.485. The van der Waals surface area contributed by atoms with Gasteiger partial charge in [0.25, 0.3) is 9.76 Å². The Labute approximate surface area is 80.8 Å². The van der Waals surface area contributed by atoms with Crippen molar-refractivity contribution in [2.45, 2.75) is 19.3 Å². The van der Waals surface area contributed by atoms with Crippen molar-refractivity contribution in [1.29, 1.82) is 0 Å². The summed E-state index contributed by atoms with van der Waals surface area (Å²) in [6, 6.07) is 0. The minimum absolute atomic E-state index is 0.340. The highest BCUT2D eigenvalue weighted by Crippen LogP contribution is 2.00. The molecule has 0 rings (SSSR count). The van der Waals surface area contributed by atoms with Crippen LogP contribution in [0.4, 0.5) is 0 Å². The van der Waals surface area contributed by atoms with Gasteiger partial charge in [0.1, 0.15) is 0 Å². The third-order valence-electron chi connectivity index (χ3n) is 1.59. The lowest BCUT2D eigenvalue weighted by atomic mass is 10.2. The Morgan fingerprint density at radius 3 is 2.38 bits per heavy atom. The fourth-order valence-electron chi connectivity index (χ4n) is 0.622. The number of carbonyl (C=O) groups excluding carboxylic acids is 1. The molecule has 4 nitrogen and oxygen atoms in total. The van der Waals surface area contributed by atoms with E-state index in [0.717, 1.165) is 0 Å². The van der Waals surface area contributed by atoms with E-state index < -0.39 is 9.76 Å². The molecule has 0 aromatic rings. The van der Waals surface area contributed by atoms with Crippen molar-refractivity contribution >= 4 is 15.7 Å². The largest absolute Gasteiger partial charge is 0.516 e. The highest BCUT2D eigenvalue weighted by atomic mass is 28.2. The van der Waals surface area contributed by atoms with Crippen molar-refractivity contribution < 1.29 is 18.7 Å². The summed E-state index contributed by atoms with van der Waals surface area (Å²) in [5.74, 6) is -0.707. The Morgan fingerprint density at radius 2 is 2.00 bits per heavy atom. The van der Waals surface area contributed by atoms with Crippen molar-refractivity contribution in [3.05, 3.63) is 12.2 Å². The van der Waals surface area contributed by atoms with Crippen LogP contribution in [0.1, 0.15) is 13.3 Å². The van der Waals surface area contributed by atoms with E-state index in [4.69, 9.17) is 13.9 Å². The first kappa shape index (κ1) is 12.3. The Morgan fingerprint density at radius 1 is 1.46 bits per heavy atom. The van der Waals surface area contributed by atoms with Gasteiger partial charge in [-0.25, -0.2) is 4.79 Å². The lowest BCUT2D eigenvalue weighted by Crippen LogP contribution is -2.26. The predicted molar refractivity (Wildman–Crippen MR) is 51.9 cm³/mol. The van der Waals surface area contributed by atoms with Crippen LogP contribution in [0.3, 0.4) is 0 Å². The molecule has 0 aromatic carbocycles. The standard InChI is InChI=1S/C8H16O4Si/c1-5-6(2)7(9)12-13-8(10-3)11-4/h8H,2,5,13H2,1,3-4H3.